The number of carbonyl (C=O) groups excluding carboxylic acids is 2. The van der Waals surface area contributed by atoms with Gasteiger partial charge >= 0.3 is 17.5 Å². The summed E-state index contributed by atoms with van der Waals surface area (Å²) in [7, 11) is -0.706. The van der Waals surface area contributed by atoms with Crippen LogP contribution in [-0.4, -0.2) is 40.6 Å². The van der Waals surface area contributed by atoms with Crippen molar-refractivity contribution in [2.75, 3.05) is 18.6 Å². The van der Waals surface area contributed by atoms with Crippen LogP contribution in [0.25, 0.3) is 10.9 Å². The summed E-state index contributed by atoms with van der Waals surface area (Å²) in [6.07, 6.45) is 1.78. The van der Waals surface area contributed by atoms with Crippen LogP contribution < -0.4 is 10.3 Å². The number of aromatic amines is 1. The Labute approximate surface area is 179 Å². The van der Waals surface area contributed by atoms with Crippen LogP contribution in [0.4, 0.5) is 0 Å². The maximum absolute atomic E-state index is 12.4. The van der Waals surface area contributed by atoms with Gasteiger partial charge in [0.15, 0.2) is 5.75 Å². The molecule has 0 aliphatic heterocycles. The van der Waals surface area contributed by atoms with E-state index >= 15 is 0 Å². The molecule has 0 saturated carbocycles. The fourth-order valence-electron chi connectivity index (χ4n) is 2.87. The van der Waals surface area contributed by atoms with Crippen molar-refractivity contribution in [1.29, 1.82) is 0 Å². The number of H-pyrrole nitrogens is 1. The van der Waals surface area contributed by atoms with Crippen LogP contribution in [0, 0.1) is 0 Å². The number of carbonyl (C=O) groups is 2. The zero-order chi connectivity index (χ0) is 21.8. The molecule has 9 heteroatoms. The van der Waals surface area contributed by atoms with Crippen LogP contribution in [0.2, 0.25) is 5.02 Å². The monoisotopic (exact) mass is 448 g/mol. The summed E-state index contributed by atoms with van der Waals surface area (Å²) in [6, 6.07) is 11.1. The highest BCUT2D eigenvalue weighted by atomic mass is 35.5. The highest BCUT2D eigenvalue weighted by Crippen LogP contribution is 2.30. The van der Waals surface area contributed by atoms with Gasteiger partial charge in [0.05, 0.1) is 5.52 Å². The van der Waals surface area contributed by atoms with Gasteiger partial charge in [-0.1, -0.05) is 23.7 Å². The van der Waals surface area contributed by atoms with Crippen molar-refractivity contribution in [3.05, 3.63) is 63.4 Å². The second kappa shape index (κ2) is 9.23. The Kier molecular flexibility index (Phi) is 6.69. The average Bonchev–Trinajstić information content (AvgIpc) is 2.68. The van der Waals surface area contributed by atoms with Crippen LogP contribution in [0.5, 0.6) is 11.5 Å². The van der Waals surface area contributed by atoms with E-state index in [0.29, 0.717) is 21.7 Å². The van der Waals surface area contributed by atoms with Crippen molar-refractivity contribution >= 4 is 45.3 Å². The number of ether oxygens (including phenoxy) is 2. The van der Waals surface area contributed by atoms with Crippen molar-refractivity contribution in [2.24, 2.45) is 0 Å². The van der Waals surface area contributed by atoms with E-state index in [1.54, 1.807) is 36.6 Å². The Morgan fingerprint density at radius 3 is 2.67 bits per heavy atom. The Bertz CT molecular complexity index is 1180. The van der Waals surface area contributed by atoms with Crippen molar-refractivity contribution in [3.63, 3.8) is 0 Å². The van der Waals surface area contributed by atoms with Crippen molar-refractivity contribution < 1.29 is 24.2 Å². The van der Waals surface area contributed by atoms with E-state index in [-0.39, 0.29) is 28.6 Å². The molecule has 0 spiro atoms. The molecule has 1 unspecified atom stereocenters. The zero-order valence-corrected chi connectivity index (χ0v) is 17.8. The molecule has 1 heterocycles. The quantitative estimate of drug-likeness (QED) is 0.340. The molecule has 3 aromatic rings. The molecule has 0 aliphatic rings. The van der Waals surface area contributed by atoms with E-state index in [2.05, 4.69) is 4.98 Å². The number of para-hydroxylation sites is 1. The van der Waals surface area contributed by atoms with E-state index < -0.39 is 28.4 Å². The number of halogens is 1. The van der Waals surface area contributed by atoms with E-state index in [0.717, 1.165) is 0 Å². The second-order valence-electron chi connectivity index (χ2n) is 6.39. The first kappa shape index (κ1) is 21.7. The molecule has 30 heavy (non-hydrogen) atoms. The van der Waals surface area contributed by atoms with Crippen LogP contribution in [-0.2, 0) is 20.4 Å². The van der Waals surface area contributed by atoms with E-state index in [1.807, 2.05) is 0 Å². The lowest BCUT2D eigenvalue weighted by atomic mass is 10.2. The van der Waals surface area contributed by atoms with Gasteiger partial charge in [-0.2, -0.15) is 0 Å². The van der Waals surface area contributed by atoms with Gasteiger partial charge < -0.3 is 19.6 Å². The van der Waals surface area contributed by atoms with Gasteiger partial charge in [-0.3, -0.25) is 9.59 Å². The number of hydrogen-bond donors (Lipinski definition) is 2. The zero-order valence-electron chi connectivity index (χ0n) is 16.2. The Balaban J connectivity index is 1.72. The lowest BCUT2D eigenvalue weighted by molar-refractivity contribution is -0.131. The predicted molar refractivity (Wildman–Crippen MR) is 116 cm³/mol. The SMILES string of the molecule is CC(=O)Oc1ccccc1C(=O)OCC[S+](C)c1c(O)c2cc(Cl)ccc2[nH]c1=O. The van der Waals surface area contributed by atoms with Crippen molar-refractivity contribution in [1.82, 2.24) is 4.98 Å². The summed E-state index contributed by atoms with van der Waals surface area (Å²) in [5, 5.41) is 11.5. The molecule has 1 aromatic heterocycles. The third kappa shape index (κ3) is 4.77. The summed E-state index contributed by atoms with van der Waals surface area (Å²) in [5.74, 6) is -0.882. The molecule has 2 aromatic carbocycles. The van der Waals surface area contributed by atoms with Crippen molar-refractivity contribution in [2.45, 2.75) is 11.8 Å². The molecule has 2 N–H and O–H groups in total. The minimum absolute atomic E-state index is 0.0132. The van der Waals surface area contributed by atoms with E-state index in [4.69, 9.17) is 21.1 Å². The maximum atomic E-state index is 12.4. The molecule has 0 amide bonds. The minimum atomic E-state index is -0.706. The molecular weight excluding hydrogens is 430 g/mol. The summed E-state index contributed by atoms with van der Waals surface area (Å²) in [4.78, 5) is 39.0. The fraction of sp³-hybridized carbons (Fsp3) is 0.190. The number of benzene rings is 2. The molecule has 0 radical (unpaired) electrons. The molecule has 156 valence electrons. The standard InChI is InChI=1S/C21H18ClNO6S/c1-12(24)29-17-6-4-3-5-14(17)21(27)28-9-10-30(2)19-18(25)15-11-13(22)7-8-16(15)23-20(19)26/h3-8,11H,9-10H2,1-2H3,(H-,23,25,26)/p+1. The van der Waals surface area contributed by atoms with Gasteiger partial charge in [0, 0.05) is 28.2 Å². The number of nitrogens with one attached hydrogen (secondary N) is 1. The first-order chi connectivity index (χ1) is 14.3. The average molecular weight is 449 g/mol. The maximum Gasteiger partial charge on any atom is 0.342 e. The molecule has 3 rings (SSSR count). The predicted octanol–water partition coefficient (Wildman–Crippen LogP) is 3.28. The fourth-order valence-corrected chi connectivity index (χ4v) is 4.39. The van der Waals surface area contributed by atoms with Gasteiger partial charge in [0.1, 0.15) is 29.9 Å². The normalized spacial score (nSPS) is 11.8. The highest BCUT2D eigenvalue weighted by Gasteiger charge is 2.27. The first-order valence-electron chi connectivity index (χ1n) is 8.89. The van der Waals surface area contributed by atoms with Gasteiger partial charge in [-0.15, -0.1) is 0 Å². The Hall–Kier alpha value is -2.97. The molecular formula is C21H19ClNO6S+. The van der Waals surface area contributed by atoms with Crippen LogP contribution in [0.1, 0.15) is 17.3 Å². The number of aromatic hydroxyl groups is 1. The number of pyridine rings is 1. The van der Waals surface area contributed by atoms with E-state index in [9.17, 15) is 19.5 Å². The summed E-state index contributed by atoms with van der Waals surface area (Å²) in [6.45, 7) is 1.25. The number of fused-ring (bicyclic) bond motifs is 1. The second-order valence-corrected chi connectivity index (χ2v) is 8.92. The lowest BCUT2D eigenvalue weighted by Gasteiger charge is -2.10. The number of aromatic nitrogens is 1. The van der Waals surface area contributed by atoms with Gasteiger partial charge in [-0.25, -0.2) is 4.79 Å². The largest absolute Gasteiger partial charge is 0.503 e. The molecule has 7 nitrogen and oxygen atoms in total. The Morgan fingerprint density at radius 1 is 1.20 bits per heavy atom. The summed E-state index contributed by atoms with van der Waals surface area (Å²) >= 11 is 5.99. The number of rotatable bonds is 6. The van der Waals surface area contributed by atoms with Crippen LogP contribution in [0.3, 0.4) is 0 Å². The highest BCUT2D eigenvalue weighted by molar-refractivity contribution is 7.96. The number of hydrogen-bond acceptors (Lipinski definition) is 6. The van der Waals surface area contributed by atoms with Crippen molar-refractivity contribution in [3.8, 4) is 11.5 Å². The van der Waals surface area contributed by atoms with Crippen LogP contribution >= 0.6 is 11.6 Å². The van der Waals surface area contributed by atoms with E-state index in [1.165, 1.54) is 19.1 Å². The molecule has 0 saturated heterocycles. The topological polar surface area (TPSA) is 106 Å². The summed E-state index contributed by atoms with van der Waals surface area (Å²) in [5.41, 5.74) is 0.209. The minimum Gasteiger partial charge on any atom is -0.503 e. The molecule has 0 aliphatic carbocycles. The van der Waals surface area contributed by atoms with Gasteiger partial charge in [0.2, 0.25) is 0 Å². The smallest absolute Gasteiger partial charge is 0.342 e. The third-order valence-electron chi connectivity index (χ3n) is 4.24. The van der Waals surface area contributed by atoms with Gasteiger partial charge in [-0.05, 0) is 30.3 Å². The van der Waals surface area contributed by atoms with Gasteiger partial charge in [0.25, 0.3) is 4.90 Å². The summed E-state index contributed by atoms with van der Waals surface area (Å²) < 4.78 is 10.3. The molecule has 1 atom stereocenters. The molecule has 0 fully saturated rings. The lowest BCUT2D eigenvalue weighted by Crippen LogP contribution is -2.22. The Morgan fingerprint density at radius 2 is 1.93 bits per heavy atom. The third-order valence-corrected chi connectivity index (χ3v) is 6.33. The van der Waals surface area contributed by atoms with Crippen LogP contribution in [0.15, 0.2) is 52.2 Å². The first-order valence-corrected chi connectivity index (χ1v) is 11.1. The molecule has 0 bridgehead atoms. The number of esters is 2.